The van der Waals surface area contributed by atoms with Gasteiger partial charge < -0.3 is 4.90 Å². The van der Waals surface area contributed by atoms with Crippen LogP contribution in [0.1, 0.15) is 28.8 Å². The van der Waals surface area contributed by atoms with Crippen molar-refractivity contribution in [3.05, 3.63) is 29.1 Å². The van der Waals surface area contributed by atoms with Crippen LogP contribution >= 0.6 is 15.9 Å². The molecule has 0 spiro atoms. The van der Waals surface area contributed by atoms with E-state index in [-0.39, 0.29) is 5.56 Å². The minimum absolute atomic E-state index is 0.191. The fraction of sp³-hybridized carbons (Fsp3) is 0.385. The molecule has 18 heavy (non-hydrogen) atoms. The molecule has 1 aliphatic rings. The third-order valence-electron chi connectivity index (χ3n) is 2.98. The van der Waals surface area contributed by atoms with Crippen LogP contribution < -0.4 is 4.90 Å². The number of benzene rings is 1. The first kappa shape index (κ1) is 13.2. The van der Waals surface area contributed by atoms with E-state index in [0.29, 0.717) is 17.8 Å². The zero-order chi connectivity index (χ0) is 13.3. The summed E-state index contributed by atoms with van der Waals surface area (Å²) in [5.41, 5.74) is 1.39. The number of anilines is 1. The third-order valence-corrected chi connectivity index (χ3v) is 3.55. The Hall–Kier alpha value is -1.23. The molecule has 0 aliphatic carbocycles. The summed E-state index contributed by atoms with van der Waals surface area (Å²) in [5.74, 6) is -1.63. The molecule has 0 atom stereocenters. The molecule has 1 aromatic carbocycles. The van der Waals surface area contributed by atoms with E-state index in [1.807, 2.05) is 0 Å². The predicted molar refractivity (Wildman–Crippen MR) is 70.8 cm³/mol. The SMILES string of the molecule is Cc1cc(F)cc2c1N(CCCCBr)C(=O)C2=O. The average molecular weight is 314 g/mol. The summed E-state index contributed by atoms with van der Waals surface area (Å²) in [6.07, 6.45) is 1.73. The van der Waals surface area contributed by atoms with Crippen LogP contribution in [0.5, 0.6) is 0 Å². The zero-order valence-corrected chi connectivity index (χ0v) is 11.6. The van der Waals surface area contributed by atoms with Gasteiger partial charge in [0.15, 0.2) is 0 Å². The minimum atomic E-state index is -0.605. The molecule has 1 aromatic rings. The largest absolute Gasteiger partial charge is 0.304 e. The lowest BCUT2D eigenvalue weighted by Gasteiger charge is -2.18. The number of hydrogen-bond acceptors (Lipinski definition) is 2. The van der Waals surface area contributed by atoms with Crippen molar-refractivity contribution in [1.29, 1.82) is 0 Å². The Balaban J connectivity index is 2.36. The summed E-state index contributed by atoms with van der Waals surface area (Å²) in [7, 11) is 0. The molecule has 1 heterocycles. The highest BCUT2D eigenvalue weighted by Gasteiger charge is 2.36. The lowest BCUT2D eigenvalue weighted by Crippen LogP contribution is -2.31. The maximum Gasteiger partial charge on any atom is 0.299 e. The van der Waals surface area contributed by atoms with Crippen molar-refractivity contribution in [3.63, 3.8) is 0 Å². The van der Waals surface area contributed by atoms with Gasteiger partial charge in [-0.05, 0) is 37.5 Å². The number of Topliss-reactive ketones (excluding diaryl/α,β-unsaturated/α-hetero) is 1. The van der Waals surface area contributed by atoms with E-state index in [1.165, 1.54) is 11.0 Å². The van der Waals surface area contributed by atoms with Crippen molar-refractivity contribution in [1.82, 2.24) is 0 Å². The number of aryl methyl sites for hydroxylation is 1. The van der Waals surface area contributed by atoms with Crippen LogP contribution in [0, 0.1) is 12.7 Å². The summed E-state index contributed by atoms with van der Waals surface area (Å²) in [6, 6.07) is 2.50. The van der Waals surface area contributed by atoms with Crippen molar-refractivity contribution < 1.29 is 14.0 Å². The Bertz CT molecular complexity index is 516. The van der Waals surface area contributed by atoms with Crippen molar-refractivity contribution in [3.8, 4) is 0 Å². The van der Waals surface area contributed by atoms with Gasteiger partial charge in [0.25, 0.3) is 11.7 Å². The number of carbonyl (C=O) groups excluding carboxylic acids is 2. The fourth-order valence-corrected chi connectivity index (χ4v) is 2.58. The van der Waals surface area contributed by atoms with Crippen LogP contribution in [-0.2, 0) is 4.79 Å². The van der Waals surface area contributed by atoms with E-state index >= 15 is 0 Å². The van der Waals surface area contributed by atoms with Crippen LogP contribution in [0.3, 0.4) is 0 Å². The van der Waals surface area contributed by atoms with E-state index in [0.717, 1.165) is 24.2 Å². The summed E-state index contributed by atoms with van der Waals surface area (Å²) in [5, 5.41) is 0.859. The third kappa shape index (κ3) is 2.19. The first-order valence-electron chi connectivity index (χ1n) is 5.78. The number of carbonyl (C=O) groups is 2. The van der Waals surface area contributed by atoms with E-state index in [4.69, 9.17) is 0 Å². The van der Waals surface area contributed by atoms with Crippen LogP contribution in [0.2, 0.25) is 0 Å². The van der Waals surface area contributed by atoms with Crippen molar-refractivity contribution in [2.24, 2.45) is 0 Å². The Morgan fingerprint density at radius 3 is 2.67 bits per heavy atom. The number of amides is 1. The molecular weight excluding hydrogens is 301 g/mol. The number of fused-ring (bicyclic) bond motifs is 1. The van der Waals surface area contributed by atoms with E-state index in [9.17, 15) is 14.0 Å². The fourth-order valence-electron chi connectivity index (χ4n) is 2.18. The van der Waals surface area contributed by atoms with Gasteiger partial charge in [-0.3, -0.25) is 9.59 Å². The van der Waals surface area contributed by atoms with Crippen LogP contribution in [0.4, 0.5) is 10.1 Å². The number of rotatable bonds is 4. The monoisotopic (exact) mass is 313 g/mol. The first-order valence-corrected chi connectivity index (χ1v) is 6.90. The molecule has 0 N–H and O–H groups in total. The van der Waals surface area contributed by atoms with Gasteiger partial charge in [0.2, 0.25) is 0 Å². The molecule has 0 unspecified atom stereocenters. The Morgan fingerprint density at radius 2 is 2.00 bits per heavy atom. The highest BCUT2D eigenvalue weighted by atomic mass is 79.9. The summed E-state index contributed by atoms with van der Waals surface area (Å²) >= 11 is 3.32. The second-order valence-corrected chi connectivity index (χ2v) is 5.09. The number of alkyl halides is 1. The Labute approximate surface area is 113 Å². The second kappa shape index (κ2) is 5.18. The molecule has 1 aliphatic heterocycles. The molecule has 5 heteroatoms. The topological polar surface area (TPSA) is 37.4 Å². The molecule has 0 saturated carbocycles. The van der Waals surface area contributed by atoms with Crippen molar-refractivity contribution in [2.45, 2.75) is 19.8 Å². The molecule has 3 nitrogen and oxygen atoms in total. The van der Waals surface area contributed by atoms with Gasteiger partial charge >= 0.3 is 0 Å². The summed E-state index contributed by atoms with van der Waals surface area (Å²) < 4.78 is 13.3. The smallest absolute Gasteiger partial charge is 0.299 e. The van der Waals surface area contributed by atoms with Gasteiger partial charge in [-0.2, -0.15) is 0 Å². The van der Waals surface area contributed by atoms with Gasteiger partial charge in [0.1, 0.15) is 5.82 Å². The van der Waals surface area contributed by atoms with E-state index in [1.54, 1.807) is 6.92 Å². The summed E-state index contributed by atoms with van der Waals surface area (Å²) in [4.78, 5) is 25.1. The van der Waals surface area contributed by atoms with Crippen molar-refractivity contribution >= 4 is 33.3 Å². The minimum Gasteiger partial charge on any atom is -0.304 e. The predicted octanol–water partition coefficient (Wildman–Crippen LogP) is 2.84. The number of ketones is 1. The first-order chi connectivity index (χ1) is 8.56. The maximum atomic E-state index is 13.3. The number of unbranched alkanes of at least 4 members (excludes halogenated alkanes) is 1. The van der Waals surface area contributed by atoms with Gasteiger partial charge in [0, 0.05) is 11.9 Å². The number of nitrogens with zero attached hydrogens (tertiary/aromatic N) is 1. The quantitative estimate of drug-likeness (QED) is 0.487. The number of hydrogen-bond donors (Lipinski definition) is 0. The second-order valence-electron chi connectivity index (χ2n) is 4.30. The van der Waals surface area contributed by atoms with Gasteiger partial charge in [-0.25, -0.2) is 4.39 Å². The van der Waals surface area contributed by atoms with Gasteiger partial charge in [-0.1, -0.05) is 15.9 Å². The molecule has 96 valence electrons. The molecule has 0 bridgehead atoms. The Kier molecular flexibility index (Phi) is 3.80. The molecule has 2 rings (SSSR count). The molecule has 1 amide bonds. The normalized spacial score (nSPS) is 14.3. The standard InChI is InChI=1S/C13H13BrFNO2/c1-8-6-9(15)7-10-11(8)16(5-3-2-4-14)13(18)12(10)17/h6-7H,2-5H2,1H3. The van der Waals surface area contributed by atoms with Crippen molar-refractivity contribution in [2.75, 3.05) is 16.8 Å². The molecule has 0 radical (unpaired) electrons. The lowest BCUT2D eigenvalue weighted by atomic mass is 10.1. The van der Waals surface area contributed by atoms with Crippen LogP contribution in [0.25, 0.3) is 0 Å². The molecule has 0 aromatic heterocycles. The number of halogens is 2. The molecule has 0 fully saturated rings. The van der Waals surface area contributed by atoms with E-state index < -0.39 is 17.5 Å². The van der Waals surface area contributed by atoms with Crippen LogP contribution in [0.15, 0.2) is 12.1 Å². The Morgan fingerprint density at radius 1 is 1.28 bits per heavy atom. The summed E-state index contributed by atoms with van der Waals surface area (Å²) in [6.45, 7) is 2.21. The highest BCUT2D eigenvalue weighted by Crippen LogP contribution is 2.33. The molecule has 0 saturated heterocycles. The zero-order valence-electron chi connectivity index (χ0n) is 10.0. The van der Waals surface area contributed by atoms with Gasteiger partial charge in [-0.15, -0.1) is 0 Å². The maximum absolute atomic E-state index is 13.3. The highest BCUT2D eigenvalue weighted by molar-refractivity contribution is 9.09. The average Bonchev–Trinajstić information content (AvgIpc) is 2.55. The lowest BCUT2D eigenvalue weighted by molar-refractivity contribution is -0.114. The van der Waals surface area contributed by atoms with Crippen LogP contribution in [-0.4, -0.2) is 23.6 Å². The van der Waals surface area contributed by atoms with Gasteiger partial charge in [0.05, 0.1) is 11.3 Å². The molecular formula is C13H13BrFNO2. The van der Waals surface area contributed by atoms with E-state index in [2.05, 4.69) is 15.9 Å².